The summed E-state index contributed by atoms with van der Waals surface area (Å²) in [5, 5.41) is 9.96. The third-order valence-electron chi connectivity index (χ3n) is 4.69. The lowest BCUT2D eigenvalue weighted by Gasteiger charge is -2.10. The van der Waals surface area contributed by atoms with Crippen LogP contribution in [-0.2, 0) is 18.8 Å². The first-order valence-corrected chi connectivity index (χ1v) is 15.8. The summed E-state index contributed by atoms with van der Waals surface area (Å²) in [6.07, 6.45) is 3.29. The lowest BCUT2D eigenvalue weighted by molar-refractivity contribution is 0.616. The second kappa shape index (κ2) is 25.8. The molecule has 1 aromatic heterocycles. The molecule has 40 heavy (non-hydrogen) atoms. The van der Waals surface area contributed by atoms with E-state index in [0.717, 1.165) is 17.5 Å². The molecule has 224 valence electrons. The van der Waals surface area contributed by atoms with Crippen LogP contribution in [-0.4, -0.2) is 20.0 Å². The number of rotatable bonds is 9. The Kier molecular flexibility index (Phi) is 25.8. The van der Waals surface area contributed by atoms with Crippen molar-refractivity contribution in [3.63, 3.8) is 0 Å². The monoisotopic (exact) mass is 612 g/mol. The second-order valence-electron chi connectivity index (χ2n) is 7.54. The number of nitrogens with one attached hydrogen (secondary N) is 1. The van der Waals surface area contributed by atoms with Gasteiger partial charge in [-0.05, 0) is 46.8 Å². The van der Waals surface area contributed by atoms with Crippen molar-refractivity contribution in [2.24, 2.45) is 0 Å². The van der Waals surface area contributed by atoms with E-state index in [1.807, 2.05) is 63.5 Å². The topological polar surface area (TPSA) is 42.7 Å². The Balaban J connectivity index is 0. The van der Waals surface area contributed by atoms with E-state index in [-0.39, 0.29) is 11.6 Å². The van der Waals surface area contributed by atoms with Gasteiger partial charge in [-0.25, -0.2) is 8.78 Å². The standard InChI is InChI=1S/C16H20ClFN4S2.C7H8.C4H7F.2C2H6/c1-4-11(3)24-19-9-15-20-21-16(22(15)5-2)23-10-12-13(17)7-6-8-14(12)18;1-7-5-3-2-4-6-7;1-3-4(2)5;2*1-2/h4,6-8,11,19H,1,5,9-10H2,2-3H3;2-6H,1H3;3H,1-2H3;2*1-2H3/b;;4-3+;;. The largest absolute Gasteiger partial charge is 0.305 e. The summed E-state index contributed by atoms with van der Waals surface area (Å²) in [7, 11) is 0. The third-order valence-corrected chi connectivity index (χ3v) is 6.91. The molecule has 0 bridgehead atoms. The molecule has 0 aliphatic heterocycles. The first-order valence-electron chi connectivity index (χ1n) is 13.5. The fourth-order valence-corrected chi connectivity index (χ4v) is 4.44. The van der Waals surface area contributed by atoms with Crippen LogP contribution < -0.4 is 4.72 Å². The Morgan fingerprint density at radius 1 is 1.10 bits per heavy atom. The molecule has 0 aliphatic carbocycles. The van der Waals surface area contributed by atoms with Gasteiger partial charge in [0.1, 0.15) is 11.6 Å². The van der Waals surface area contributed by atoms with Crippen LogP contribution >= 0.6 is 35.3 Å². The molecule has 1 heterocycles. The van der Waals surface area contributed by atoms with Crippen molar-refractivity contribution >= 4 is 35.3 Å². The third kappa shape index (κ3) is 17.5. The zero-order valence-electron chi connectivity index (χ0n) is 25.5. The van der Waals surface area contributed by atoms with Gasteiger partial charge in [0.05, 0.1) is 12.4 Å². The Morgan fingerprint density at radius 2 is 1.70 bits per heavy atom. The van der Waals surface area contributed by atoms with Crippen LogP contribution in [0, 0.1) is 12.7 Å². The number of hydrogen-bond acceptors (Lipinski definition) is 5. The van der Waals surface area contributed by atoms with Crippen LogP contribution in [0.4, 0.5) is 8.78 Å². The Labute approximate surface area is 255 Å². The number of thioether (sulfide) groups is 1. The maximum absolute atomic E-state index is 13.9. The van der Waals surface area contributed by atoms with Crippen LogP contribution in [0.3, 0.4) is 0 Å². The van der Waals surface area contributed by atoms with Crippen molar-refractivity contribution in [2.45, 2.75) is 91.6 Å². The molecule has 0 spiro atoms. The molecule has 3 rings (SSSR count). The van der Waals surface area contributed by atoms with Crippen molar-refractivity contribution < 1.29 is 8.78 Å². The van der Waals surface area contributed by atoms with Crippen LogP contribution in [0.15, 0.2) is 78.2 Å². The van der Waals surface area contributed by atoms with Gasteiger partial charge in [0.2, 0.25) is 0 Å². The van der Waals surface area contributed by atoms with E-state index in [9.17, 15) is 8.78 Å². The first-order chi connectivity index (χ1) is 19.2. The maximum Gasteiger partial charge on any atom is 0.191 e. The average Bonchev–Trinajstić information content (AvgIpc) is 3.37. The molecule has 0 radical (unpaired) electrons. The van der Waals surface area contributed by atoms with Crippen molar-refractivity contribution in [1.82, 2.24) is 19.5 Å². The molecule has 3 aromatic rings. The molecular formula is C31H47ClF2N4S2. The Hall–Kier alpha value is -2.13. The maximum atomic E-state index is 13.9. The Morgan fingerprint density at radius 3 is 2.15 bits per heavy atom. The summed E-state index contributed by atoms with van der Waals surface area (Å²) in [5.74, 6) is 0.849. The van der Waals surface area contributed by atoms with Gasteiger partial charge < -0.3 is 4.57 Å². The van der Waals surface area contributed by atoms with E-state index in [1.54, 1.807) is 31.0 Å². The molecule has 9 heteroatoms. The number of hydrogen-bond donors (Lipinski definition) is 1. The summed E-state index contributed by atoms with van der Waals surface area (Å²) >= 11 is 9.09. The minimum Gasteiger partial charge on any atom is -0.305 e. The van der Waals surface area contributed by atoms with Gasteiger partial charge >= 0.3 is 0 Å². The molecular weight excluding hydrogens is 566 g/mol. The van der Waals surface area contributed by atoms with E-state index >= 15 is 0 Å². The zero-order chi connectivity index (χ0) is 30.9. The highest BCUT2D eigenvalue weighted by Gasteiger charge is 2.14. The fraction of sp³-hybridized carbons (Fsp3) is 0.419. The van der Waals surface area contributed by atoms with Crippen molar-refractivity contribution in [2.75, 3.05) is 0 Å². The summed E-state index contributed by atoms with van der Waals surface area (Å²) in [6, 6.07) is 15.0. The molecule has 0 amide bonds. The lowest BCUT2D eigenvalue weighted by atomic mass is 10.2. The van der Waals surface area contributed by atoms with E-state index < -0.39 is 0 Å². The predicted octanol–water partition coefficient (Wildman–Crippen LogP) is 10.6. The summed E-state index contributed by atoms with van der Waals surface area (Å²) in [5.41, 5.74) is 1.81. The number of halogens is 3. The predicted molar refractivity (Wildman–Crippen MR) is 175 cm³/mol. The molecule has 0 saturated heterocycles. The number of allylic oxidation sites excluding steroid dienone is 2. The van der Waals surface area contributed by atoms with Crippen LogP contribution in [0.5, 0.6) is 0 Å². The highest BCUT2D eigenvalue weighted by Crippen LogP contribution is 2.28. The molecule has 0 fully saturated rings. The average molecular weight is 613 g/mol. The van der Waals surface area contributed by atoms with E-state index in [4.69, 9.17) is 11.6 Å². The molecule has 1 atom stereocenters. The molecule has 1 N–H and O–H groups in total. The number of nitrogens with zero attached hydrogens (tertiary/aromatic N) is 3. The minimum absolute atomic E-state index is 0.120. The van der Waals surface area contributed by atoms with Gasteiger partial charge in [-0.2, -0.15) is 0 Å². The molecule has 2 aromatic carbocycles. The van der Waals surface area contributed by atoms with E-state index in [2.05, 4.69) is 47.5 Å². The molecule has 4 nitrogen and oxygen atoms in total. The van der Waals surface area contributed by atoms with Gasteiger partial charge in [-0.3, -0.25) is 4.72 Å². The highest BCUT2D eigenvalue weighted by molar-refractivity contribution is 7.98. The highest BCUT2D eigenvalue weighted by atomic mass is 35.5. The molecule has 0 aliphatic rings. The molecule has 1 unspecified atom stereocenters. The second-order valence-corrected chi connectivity index (χ2v) is 10.2. The number of aromatic nitrogens is 3. The van der Waals surface area contributed by atoms with Gasteiger partial charge in [0.15, 0.2) is 5.16 Å². The summed E-state index contributed by atoms with van der Waals surface area (Å²) in [4.78, 5) is 0. The Bertz CT molecular complexity index is 1050. The quantitative estimate of drug-likeness (QED) is 0.148. The fourth-order valence-electron chi connectivity index (χ4n) is 2.50. The summed E-state index contributed by atoms with van der Waals surface area (Å²) < 4.78 is 30.4. The van der Waals surface area contributed by atoms with E-state index in [0.29, 0.717) is 28.1 Å². The zero-order valence-corrected chi connectivity index (χ0v) is 27.9. The smallest absolute Gasteiger partial charge is 0.191 e. The summed E-state index contributed by atoms with van der Waals surface area (Å²) in [6.45, 7) is 22.4. The van der Waals surface area contributed by atoms with Gasteiger partial charge in [-0.1, -0.05) is 117 Å². The van der Waals surface area contributed by atoms with Crippen molar-refractivity contribution in [1.29, 1.82) is 0 Å². The number of aryl methyl sites for hydroxylation is 1. The lowest BCUT2D eigenvalue weighted by Crippen LogP contribution is -2.13. The van der Waals surface area contributed by atoms with Crippen molar-refractivity contribution in [3.05, 3.63) is 101 Å². The minimum atomic E-state index is -0.297. The number of benzene rings is 2. The van der Waals surface area contributed by atoms with Crippen molar-refractivity contribution in [3.8, 4) is 0 Å². The molecule has 0 saturated carbocycles. The van der Waals surface area contributed by atoms with Gasteiger partial charge in [0.25, 0.3) is 0 Å². The normalized spacial score (nSPS) is 10.8. The SMILES string of the molecule is C/C=C(\C)F.C=CC(C)SNCc1nnc(SCc2c(F)cccc2Cl)n1CC.CC.CC.Cc1ccccc1. The van der Waals surface area contributed by atoms with E-state index in [1.165, 1.54) is 36.4 Å². The first kappa shape index (κ1) is 40.0. The van der Waals surface area contributed by atoms with Crippen LogP contribution in [0.25, 0.3) is 0 Å². The van der Waals surface area contributed by atoms with Crippen LogP contribution in [0.2, 0.25) is 5.02 Å². The van der Waals surface area contributed by atoms with Crippen LogP contribution in [0.1, 0.15) is 72.3 Å². The van der Waals surface area contributed by atoms with Gasteiger partial charge in [0, 0.05) is 28.1 Å². The van der Waals surface area contributed by atoms with Gasteiger partial charge in [-0.15, -0.1) is 16.8 Å².